The molecule has 1 unspecified atom stereocenters. The van der Waals surface area contributed by atoms with Gasteiger partial charge in [0.1, 0.15) is 0 Å². The van der Waals surface area contributed by atoms with E-state index >= 15 is 0 Å². The molecule has 0 saturated heterocycles. The maximum atomic E-state index is 2.36. The van der Waals surface area contributed by atoms with Gasteiger partial charge in [-0.3, -0.25) is 0 Å². The van der Waals surface area contributed by atoms with E-state index in [1.54, 1.807) is 5.57 Å². The fraction of sp³-hybridized carbons (Fsp3) is 0.111. The summed E-state index contributed by atoms with van der Waals surface area (Å²) in [5.74, 6) is 0.501. The van der Waals surface area contributed by atoms with E-state index in [9.17, 15) is 0 Å². The topological polar surface area (TPSA) is 0 Å². The van der Waals surface area contributed by atoms with E-state index in [1.165, 1.54) is 22.3 Å². The van der Waals surface area contributed by atoms with Crippen molar-refractivity contribution in [3.8, 4) is 0 Å². The minimum Gasteiger partial charge on any atom is -0.0763 e. The zero-order valence-electron chi connectivity index (χ0n) is 10.1. The van der Waals surface area contributed by atoms with Crippen LogP contribution in [0.4, 0.5) is 0 Å². The molecule has 1 aromatic carbocycles. The predicted octanol–water partition coefficient (Wildman–Crippen LogP) is 4.54. The molecular weight excluding hydrogens is 216 g/mol. The standard InChI is InChI=1S/C18H14/c1-3-7-15-13(5-1)9-11-17(15)18-12-10-14-6-2-4-8-16(14)18/h1-11,16H,12H2/b18-17+. The fourth-order valence-electron chi connectivity index (χ4n) is 3.13. The van der Waals surface area contributed by atoms with Gasteiger partial charge in [-0.25, -0.2) is 0 Å². The highest BCUT2D eigenvalue weighted by Crippen LogP contribution is 2.42. The first kappa shape index (κ1) is 9.90. The molecule has 3 aliphatic carbocycles. The summed E-state index contributed by atoms with van der Waals surface area (Å²) in [4.78, 5) is 0. The third kappa shape index (κ3) is 1.32. The monoisotopic (exact) mass is 230 g/mol. The number of benzene rings is 1. The summed E-state index contributed by atoms with van der Waals surface area (Å²) in [5, 5.41) is 0. The van der Waals surface area contributed by atoms with E-state index in [2.05, 4.69) is 66.8 Å². The molecule has 0 nitrogen and oxygen atoms in total. The summed E-state index contributed by atoms with van der Waals surface area (Å²) in [7, 11) is 0. The Labute approximate surface area is 107 Å². The molecule has 4 rings (SSSR count). The molecule has 0 amide bonds. The summed E-state index contributed by atoms with van der Waals surface area (Å²) in [5.41, 5.74) is 7.18. The van der Waals surface area contributed by atoms with Crippen LogP contribution in [0.1, 0.15) is 17.5 Å². The predicted molar refractivity (Wildman–Crippen MR) is 76.9 cm³/mol. The quantitative estimate of drug-likeness (QED) is 0.614. The molecule has 0 bridgehead atoms. The average molecular weight is 230 g/mol. The van der Waals surface area contributed by atoms with Gasteiger partial charge in [0.2, 0.25) is 0 Å². The van der Waals surface area contributed by atoms with Gasteiger partial charge in [-0.2, -0.15) is 0 Å². The van der Waals surface area contributed by atoms with Crippen LogP contribution in [0.25, 0.3) is 11.6 Å². The highest BCUT2D eigenvalue weighted by atomic mass is 14.3. The third-order valence-corrected chi connectivity index (χ3v) is 4.02. The lowest BCUT2D eigenvalue weighted by molar-refractivity contribution is 0.944. The smallest absolute Gasteiger partial charge is 0.0240 e. The molecular formula is C18H14. The van der Waals surface area contributed by atoms with Gasteiger partial charge in [-0.15, -0.1) is 0 Å². The minimum absolute atomic E-state index is 0.501. The van der Waals surface area contributed by atoms with Crippen LogP contribution in [0.15, 0.2) is 71.9 Å². The number of allylic oxidation sites excluding steroid dienone is 9. The van der Waals surface area contributed by atoms with Crippen LogP contribution >= 0.6 is 0 Å². The first-order valence-electron chi connectivity index (χ1n) is 6.49. The number of rotatable bonds is 0. The maximum Gasteiger partial charge on any atom is 0.0240 e. The Kier molecular flexibility index (Phi) is 2.04. The van der Waals surface area contributed by atoms with Crippen LogP contribution in [0.2, 0.25) is 0 Å². The van der Waals surface area contributed by atoms with E-state index in [-0.39, 0.29) is 0 Å². The molecule has 0 radical (unpaired) electrons. The molecule has 0 saturated carbocycles. The van der Waals surface area contributed by atoms with Gasteiger partial charge in [0.05, 0.1) is 0 Å². The Balaban J connectivity index is 1.86. The second kappa shape index (κ2) is 3.71. The molecule has 86 valence electrons. The molecule has 1 aromatic rings. The zero-order valence-corrected chi connectivity index (χ0v) is 10.1. The molecule has 18 heavy (non-hydrogen) atoms. The van der Waals surface area contributed by atoms with Crippen molar-refractivity contribution in [2.45, 2.75) is 6.42 Å². The molecule has 0 heterocycles. The van der Waals surface area contributed by atoms with Gasteiger partial charge in [-0.05, 0) is 34.3 Å². The van der Waals surface area contributed by atoms with Crippen molar-refractivity contribution in [1.29, 1.82) is 0 Å². The SMILES string of the molecule is C1=CC2=CC/C(=C3/C=Cc4ccccc43)C2C=C1. The van der Waals surface area contributed by atoms with Crippen LogP contribution in [0.3, 0.4) is 0 Å². The van der Waals surface area contributed by atoms with Crippen molar-refractivity contribution in [1.82, 2.24) is 0 Å². The largest absolute Gasteiger partial charge is 0.0763 e. The molecule has 0 N–H and O–H groups in total. The molecule has 1 atom stereocenters. The molecule has 0 aliphatic heterocycles. The number of hydrogen-bond donors (Lipinski definition) is 0. The second-order valence-electron chi connectivity index (χ2n) is 4.99. The Morgan fingerprint density at radius 3 is 2.89 bits per heavy atom. The molecule has 0 heteroatoms. The van der Waals surface area contributed by atoms with Crippen molar-refractivity contribution in [3.05, 3.63) is 83.0 Å². The molecule has 3 aliphatic rings. The lowest BCUT2D eigenvalue weighted by Gasteiger charge is -2.16. The van der Waals surface area contributed by atoms with Crippen molar-refractivity contribution in [2.24, 2.45) is 5.92 Å². The van der Waals surface area contributed by atoms with Gasteiger partial charge in [0, 0.05) is 5.92 Å². The normalized spacial score (nSPS) is 27.3. The number of fused-ring (bicyclic) bond motifs is 2. The van der Waals surface area contributed by atoms with Gasteiger partial charge in [0.15, 0.2) is 0 Å². The lowest BCUT2D eigenvalue weighted by atomic mass is 9.88. The van der Waals surface area contributed by atoms with E-state index in [1.807, 2.05) is 0 Å². The summed E-state index contributed by atoms with van der Waals surface area (Å²) < 4.78 is 0. The van der Waals surface area contributed by atoms with Crippen LogP contribution in [-0.4, -0.2) is 0 Å². The fourth-order valence-corrected chi connectivity index (χ4v) is 3.13. The molecule has 0 fully saturated rings. The van der Waals surface area contributed by atoms with Gasteiger partial charge in [-0.1, -0.05) is 66.8 Å². The first-order valence-corrected chi connectivity index (χ1v) is 6.49. The number of hydrogen-bond acceptors (Lipinski definition) is 0. The van der Waals surface area contributed by atoms with Crippen LogP contribution < -0.4 is 0 Å². The van der Waals surface area contributed by atoms with E-state index in [4.69, 9.17) is 0 Å². The maximum absolute atomic E-state index is 2.36. The van der Waals surface area contributed by atoms with Crippen molar-refractivity contribution in [3.63, 3.8) is 0 Å². The van der Waals surface area contributed by atoms with Crippen LogP contribution in [0.5, 0.6) is 0 Å². The van der Waals surface area contributed by atoms with Crippen molar-refractivity contribution < 1.29 is 0 Å². The summed E-state index contributed by atoms with van der Waals surface area (Å²) in [6.45, 7) is 0. The lowest BCUT2D eigenvalue weighted by Crippen LogP contribution is -2.01. The van der Waals surface area contributed by atoms with Crippen molar-refractivity contribution in [2.75, 3.05) is 0 Å². The summed E-state index contributed by atoms with van der Waals surface area (Å²) in [6, 6.07) is 8.67. The van der Waals surface area contributed by atoms with Gasteiger partial charge < -0.3 is 0 Å². The Bertz CT molecular complexity index is 663. The summed E-state index contributed by atoms with van der Waals surface area (Å²) >= 11 is 0. The Morgan fingerprint density at radius 2 is 1.89 bits per heavy atom. The third-order valence-electron chi connectivity index (χ3n) is 4.02. The second-order valence-corrected chi connectivity index (χ2v) is 4.99. The first-order chi connectivity index (χ1) is 8.93. The Hall–Kier alpha value is -2.08. The van der Waals surface area contributed by atoms with E-state index < -0.39 is 0 Å². The van der Waals surface area contributed by atoms with Crippen molar-refractivity contribution >= 4 is 11.6 Å². The molecule has 0 aromatic heterocycles. The Morgan fingerprint density at radius 1 is 0.944 bits per heavy atom. The van der Waals surface area contributed by atoms with Gasteiger partial charge in [0.25, 0.3) is 0 Å². The average Bonchev–Trinajstić information content (AvgIpc) is 3.01. The van der Waals surface area contributed by atoms with Crippen LogP contribution in [0, 0.1) is 5.92 Å². The molecule has 0 spiro atoms. The summed E-state index contributed by atoms with van der Waals surface area (Å²) in [6.07, 6.45) is 16.8. The van der Waals surface area contributed by atoms with Crippen LogP contribution in [-0.2, 0) is 0 Å². The van der Waals surface area contributed by atoms with E-state index in [0.717, 1.165) is 6.42 Å². The van der Waals surface area contributed by atoms with E-state index in [0.29, 0.717) is 5.92 Å². The van der Waals surface area contributed by atoms with Gasteiger partial charge >= 0.3 is 0 Å². The zero-order chi connectivity index (χ0) is 11.9. The minimum atomic E-state index is 0.501. The highest BCUT2D eigenvalue weighted by molar-refractivity contribution is 5.92. The highest BCUT2D eigenvalue weighted by Gasteiger charge is 2.25.